The molecule has 10 nitrogen and oxygen atoms in total. The number of carbonyl (C=O) groups is 1. The first-order valence-electron chi connectivity index (χ1n) is 10.1. The summed E-state index contributed by atoms with van der Waals surface area (Å²) in [6.45, 7) is 3.65. The molecule has 0 bridgehead atoms. The lowest BCUT2D eigenvalue weighted by Crippen LogP contribution is -2.36. The van der Waals surface area contributed by atoms with Crippen LogP contribution in [-0.4, -0.2) is 57.7 Å². The number of hydrogen-bond acceptors (Lipinski definition) is 8. The molecule has 5 rings (SSSR count). The number of carbonyl (C=O) groups excluding carboxylic acids is 1. The van der Waals surface area contributed by atoms with E-state index in [1.165, 1.54) is 11.0 Å². The van der Waals surface area contributed by atoms with Crippen molar-refractivity contribution in [2.75, 3.05) is 29.5 Å². The van der Waals surface area contributed by atoms with E-state index >= 15 is 0 Å². The fourth-order valence-corrected chi connectivity index (χ4v) is 3.74. The van der Waals surface area contributed by atoms with Crippen molar-refractivity contribution in [3.8, 4) is 11.1 Å². The molecular formula is C21H20FN7O3. The highest BCUT2D eigenvalue weighted by molar-refractivity contribution is 5.95. The number of pyridine rings is 1. The van der Waals surface area contributed by atoms with Gasteiger partial charge in [0.1, 0.15) is 30.2 Å². The number of cyclic esters (lactones) is 1. The molecule has 0 unspecified atom stereocenters. The van der Waals surface area contributed by atoms with E-state index in [0.29, 0.717) is 54.7 Å². The van der Waals surface area contributed by atoms with Crippen LogP contribution in [0.2, 0.25) is 0 Å². The summed E-state index contributed by atoms with van der Waals surface area (Å²) in [5.74, 6) is 0.980. The van der Waals surface area contributed by atoms with Crippen molar-refractivity contribution >= 4 is 23.4 Å². The Labute approximate surface area is 182 Å². The van der Waals surface area contributed by atoms with E-state index in [0.717, 1.165) is 0 Å². The molecule has 4 heterocycles. The van der Waals surface area contributed by atoms with Crippen LogP contribution in [0, 0.1) is 5.82 Å². The van der Waals surface area contributed by atoms with E-state index in [1.54, 1.807) is 41.5 Å². The van der Waals surface area contributed by atoms with Crippen LogP contribution in [-0.2, 0) is 16.1 Å². The van der Waals surface area contributed by atoms with Gasteiger partial charge in [-0.1, -0.05) is 10.4 Å². The minimum absolute atomic E-state index is 0.300. The van der Waals surface area contributed by atoms with Crippen molar-refractivity contribution in [1.29, 1.82) is 0 Å². The van der Waals surface area contributed by atoms with Crippen LogP contribution in [0.4, 0.5) is 20.7 Å². The average molecular weight is 437 g/mol. The Kier molecular flexibility index (Phi) is 5.13. The third-order valence-corrected chi connectivity index (χ3v) is 5.33. The highest BCUT2D eigenvalue weighted by Crippen LogP contribution is 2.30. The summed E-state index contributed by atoms with van der Waals surface area (Å²) >= 11 is 0. The maximum Gasteiger partial charge on any atom is 0.414 e. The van der Waals surface area contributed by atoms with Crippen molar-refractivity contribution in [2.45, 2.75) is 19.6 Å². The van der Waals surface area contributed by atoms with Crippen molar-refractivity contribution in [2.24, 2.45) is 5.16 Å². The molecule has 11 heteroatoms. The zero-order valence-corrected chi connectivity index (χ0v) is 17.3. The number of anilines is 2. The number of hydrogen-bond donors (Lipinski definition) is 0. The second kappa shape index (κ2) is 8.25. The molecule has 0 saturated carbocycles. The maximum atomic E-state index is 15.0. The molecule has 2 aliphatic rings. The smallest absolute Gasteiger partial charge is 0.414 e. The lowest BCUT2D eigenvalue weighted by Gasteiger charge is -2.25. The van der Waals surface area contributed by atoms with Crippen LogP contribution >= 0.6 is 0 Å². The molecular weight excluding hydrogens is 417 g/mol. The molecule has 32 heavy (non-hydrogen) atoms. The molecule has 2 aliphatic heterocycles. The Bertz CT molecular complexity index is 1150. The normalized spacial score (nSPS) is 18.4. The zero-order chi connectivity index (χ0) is 22.1. The number of aromatic nitrogens is 4. The number of rotatable bonds is 5. The monoisotopic (exact) mass is 437 g/mol. The van der Waals surface area contributed by atoms with Gasteiger partial charge in [-0.15, -0.1) is 5.10 Å². The minimum Gasteiger partial charge on any atom is -0.442 e. The molecule has 164 valence electrons. The molecule has 0 radical (unpaired) electrons. The fraction of sp³-hybridized carbons (Fsp3) is 0.286. The van der Waals surface area contributed by atoms with Crippen molar-refractivity contribution in [3.63, 3.8) is 0 Å². The van der Waals surface area contributed by atoms with Crippen LogP contribution in [0.5, 0.6) is 0 Å². The quantitative estimate of drug-likeness (QED) is 0.605. The molecule has 1 atom stereocenters. The molecule has 0 aliphatic carbocycles. The topological polar surface area (TPSA) is 98.0 Å². The summed E-state index contributed by atoms with van der Waals surface area (Å²) in [6.07, 6.45) is 3.96. The van der Waals surface area contributed by atoms with Gasteiger partial charge in [-0.2, -0.15) is 0 Å². The number of amidine groups is 1. The van der Waals surface area contributed by atoms with E-state index < -0.39 is 18.0 Å². The van der Waals surface area contributed by atoms with E-state index in [-0.39, 0.29) is 0 Å². The second-order valence-corrected chi connectivity index (χ2v) is 7.43. The molecule has 0 spiro atoms. The molecule has 1 aromatic carbocycles. The third kappa shape index (κ3) is 3.84. The Morgan fingerprint density at radius 2 is 2.12 bits per heavy atom. The summed E-state index contributed by atoms with van der Waals surface area (Å²) < 4.78 is 21.9. The number of benzene rings is 1. The zero-order valence-electron chi connectivity index (χ0n) is 17.3. The van der Waals surface area contributed by atoms with Gasteiger partial charge < -0.3 is 14.5 Å². The Morgan fingerprint density at radius 3 is 2.84 bits per heavy atom. The third-order valence-electron chi connectivity index (χ3n) is 5.33. The van der Waals surface area contributed by atoms with Crippen molar-refractivity contribution < 1.29 is 18.8 Å². The standard InChI is InChI=1S/C21H20FN7O3/c1-14-25-31-9-8-28(14)20-5-2-15(11-23-20)18-4-3-16(10-19(18)22)29-13-17(32-21(29)30)12-27-7-6-24-26-27/h2-7,10-11,17H,8-9,12-13H2,1H3/t17-/m0/s1. The SMILES string of the molecule is CC1=NOCCN1c1ccc(-c2ccc(N3C[C@H](Cn4ccnn4)OC3=O)cc2F)cn1. The summed E-state index contributed by atoms with van der Waals surface area (Å²) in [6, 6.07) is 8.30. The van der Waals surface area contributed by atoms with Crippen LogP contribution in [0.1, 0.15) is 6.92 Å². The van der Waals surface area contributed by atoms with Gasteiger partial charge in [0.05, 0.1) is 31.5 Å². The van der Waals surface area contributed by atoms with Gasteiger partial charge in [-0.25, -0.2) is 18.9 Å². The fourth-order valence-electron chi connectivity index (χ4n) is 3.74. The highest BCUT2D eigenvalue weighted by Gasteiger charge is 2.33. The van der Waals surface area contributed by atoms with Crippen LogP contribution in [0.3, 0.4) is 0 Å². The maximum absolute atomic E-state index is 15.0. The van der Waals surface area contributed by atoms with Gasteiger partial charge >= 0.3 is 6.09 Å². The largest absolute Gasteiger partial charge is 0.442 e. The van der Waals surface area contributed by atoms with Gasteiger partial charge in [-0.3, -0.25) is 4.90 Å². The molecule has 1 saturated heterocycles. The van der Waals surface area contributed by atoms with Gasteiger partial charge in [0.25, 0.3) is 0 Å². The van der Waals surface area contributed by atoms with Crippen LogP contribution in [0.15, 0.2) is 54.1 Å². The van der Waals surface area contributed by atoms with E-state index in [2.05, 4.69) is 20.5 Å². The molecule has 2 aromatic heterocycles. The lowest BCUT2D eigenvalue weighted by molar-refractivity contribution is 0.129. The summed E-state index contributed by atoms with van der Waals surface area (Å²) in [5.41, 5.74) is 1.46. The van der Waals surface area contributed by atoms with Crippen molar-refractivity contribution in [1.82, 2.24) is 20.0 Å². The van der Waals surface area contributed by atoms with E-state index in [1.807, 2.05) is 17.9 Å². The van der Waals surface area contributed by atoms with Crippen LogP contribution in [0.25, 0.3) is 11.1 Å². The number of oxime groups is 1. The Hall–Kier alpha value is -4.02. The van der Waals surface area contributed by atoms with E-state index in [9.17, 15) is 9.18 Å². The predicted octanol–water partition coefficient (Wildman–Crippen LogP) is 2.67. The second-order valence-electron chi connectivity index (χ2n) is 7.43. The number of halogens is 1. The number of ether oxygens (including phenoxy) is 1. The van der Waals surface area contributed by atoms with Gasteiger partial charge in [-0.05, 0) is 37.3 Å². The Morgan fingerprint density at radius 1 is 1.22 bits per heavy atom. The Balaban J connectivity index is 1.32. The number of amides is 1. The molecule has 3 aromatic rings. The van der Waals surface area contributed by atoms with Gasteiger partial charge in [0.15, 0.2) is 0 Å². The first-order valence-corrected chi connectivity index (χ1v) is 10.1. The lowest BCUT2D eigenvalue weighted by atomic mass is 10.1. The average Bonchev–Trinajstić information content (AvgIpc) is 3.44. The van der Waals surface area contributed by atoms with Gasteiger partial charge in [0, 0.05) is 23.5 Å². The molecule has 0 N–H and O–H groups in total. The number of nitrogens with zero attached hydrogens (tertiary/aromatic N) is 7. The van der Waals surface area contributed by atoms with Gasteiger partial charge in [0.2, 0.25) is 0 Å². The van der Waals surface area contributed by atoms with E-state index in [4.69, 9.17) is 9.57 Å². The molecule has 1 amide bonds. The minimum atomic E-state index is -0.518. The summed E-state index contributed by atoms with van der Waals surface area (Å²) in [4.78, 5) is 25.2. The summed E-state index contributed by atoms with van der Waals surface area (Å²) in [7, 11) is 0. The summed E-state index contributed by atoms with van der Waals surface area (Å²) in [5, 5.41) is 11.6. The van der Waals surface area contributed by atoms with Crippen LogP contribution < -0.4 is 9.80 Å². The first kappa shape index (κ1) is 19.9. The van der Waals surface area contributed by atoms with Crippen molar-refractivity contribution in [3.05, 3.63) is 54.7 Å². The molecule has 1 fully saturated rings. The highest BCUT2D eigenvalue weighted by atomic mass is 19.1. The first-order chi connectivity index (χ1) is 15.6. The predicted molar refractivity (Wildman–Crippen MR) is 114 cm³/mol.